The molecule has 0 radical (unpaired) electrons. The number of benzene rings is 5. The zero-order valence-corrected chi connectivity index (χ0v) is 61.3. The maximum atomic E-state index is 8.21. The zero-order valence-electron chi connectivity index (χ0n) is 62.3. The van der Waals surface area contributed by atoms with Crippen molar-refractivity contribution >= 4 is 0 Å². The first-order chi connectivity index (χ1) is 46.6. The van der Waals surface area contributed by atoms with Gasteiger partial charge in [0.2, 0.25) is 28.5 Å². The third-order valence-electron chi connectivity index (χ3n) is 21.7. The quantitative estimate of drug-likeness (QED) is 0.122. The van der Waals surface area contributed by atoms with Crippen molar-refractivity contribution in [1.82, 2.24) is 0 Å². The summed E-state index contributed by atoms with van der Waals surface area (Å²) in [4.78, 5) is 0. The second-order valence-electron chi connectivity index (χ2n) is 29.1. The van der Waals surface area contributed by atoms with Gasteiger partial charge in [-0.1, -0.05) is 156 Å². The number of rotatable bonds is 10. The molecule has 5 heterocycles. The number of aromatic nitrogens is 5. The summed E-state index contributed by atoms with van der Waals surface area (Å²) in [6.45, 7) is 21.4. The van der Waals surface area contributed by atoms with Crippen LogP contribution in [-0.2, 0) is 35.2 Å². The Morgan fingerprint density at radius 1 is 0.292 bits per heavy atom. The van der Waals surface area contributed by atoms with E-state index in [4.69, 9.17) is 1.37 Å². The summed E-state index contributed by atoms with van der Waals surface area (Å²) >= 11 is 0. The summed E-state index contributed by atoms with van der Waals surface area (Å²) < 4.78 is 19.4. The summed E-state index contributed by atoms with van der Waals surface area (Å²) in [6.07, 6.45) is 33.4. The number of hydrogen-bond acceptors (Lipinski definition) is 0. The van der Waals surface area contributed by atoms with Crippen LogP contribution in [-0.4, -0.2) is 0 Å². The van der Waals surface area contributed by atoms with E-state index in [0.717, 1.165) is 29.2 Å². The van der Waals surface area contributed by atoms with Gasteiger partial charge in [-0.25, -0.2) is 22.8 Å². The van der Waals surface area contributed by atoms with Crippen molar-refractivity contribution in [3.8, 4) is 56.3 Å². The van der Waals surface area contributed by atoms with Gasteiger partial charge in [0.1, 0.15) is 35.2 Å². The van der Waals surface area contributed by atoms with Crippen molar-refractivity contribution < 1.29 is 24.2 Å². The monoisotopic (exact) mass is 1280 g/mol. The van der Waals surface area contributed by atoms with E-state index >= 15 is 0 Å². The van der Waals surface area contributed by atoms with Gasteiger partial charge in [-0.05, 0) is 223 Å². The number of aryl methyl sites for hydroxylation is 13. The summed E-state index contributed by atoms with van der Waals surface area (Å²) in [7, 11) is 10.7. The Labute approximate surface area is 581 Å². The van der Waals surface area contributed by atoms with E-state index in [1.54, 1.807) is 11.1 Å². The van der Waals surface area contributed by atoms with Crippen LogP contribution >= 0.6 is 0 Å². The van der Waals surface area contributed by atoms with Gasteiger partial charge in [-0.2, -0.15) is 0 Å². The van der Waals surface area contributed by atoms with Crippen molar-refractivity contribution in [2.75, 3.05) is 0 Å². The van der Waals surface area contributed by atoms with Gasteiger partial charge >= 0.3 is 0 Å². The minimum atomic E-state index is -0.563. The number of hydrogen-bond donors (Lipinski definition) is 0. The fourth-order valence-electron chi connectivity index (χ4n) is 16.1. The fraction of sp³-hybridized carbons (Fsp3) is 0.396. The predicted molar refractivity (Wildman–Crippen MR) is 402 cm³/mol. The molecule has 4 fully saturated rings. The van der Waals surface area contributed by atoms with Gasteiger partial charge in [0.25, 0.3) is 0 Å². The molecule has 0 atom stereocenters. The number of pyridine rings is 5. The molecule has 498 valence electrons. The van der Waals surface area contributed by atoms with E-state index in [0.29, 0.717) is 0 Å². The fourth-order valence-corrected chi connectivity index (χ4v) is 16.1. The Hall–Kier alpha value is -8.15. The number of nitrogens with zero attached hydrogens (tertiary/aromatic N) is 5. The molecule has 0 amide bonds. The molecule has 4 saturated carbocycles. The second-order valence-corrected chi connectivity index (χ2v) is 29.1. The van der Waals surface area contributed by atoms with Crippen molar-refractivity contribution in [2.45, 2.75) is 202 Å². The van der Waals surface area contributed by atoms with E-state index < -0.39 is 5.89 Å². The molecule has 0 aliphatic heterocycles. The van der Waals surface area contributed by atoms with Gasteiger partial charge in [0.05, 0.1) is 0 Å². The lowest BCUT2D eigenvalue weighted by molar-refractivity contribution is -0.661. The van der Waals surface area contributed by atoms with Crippen LogP contribution in [0.25, 0.3) is 56.3 Å². The minimum Gasteiger partial charge on any atom is -0.201 e. The van der Waals surface area contributed by atoms with Gasteiger partial charge in [-0.15, -0.1) is 0 Å². The Balaban J connectivity index is 0.000000132. The molecule has 0 saturated heterocycles. The van der Waals surface area contributed by atoms with Crippen LogP contribution < -0.4 is 22.8 Å². The van der Waals surface area contributed by atoms with Crippen LogP contribution in [0.2, 0.25) is 0 Å². The Bertz CT molecular complexity index is 4290. The van der Waals surface area contributed by atoms with E-state index in [2.05, 4.69) is 308 Å². The standard InChI is InChI=1S/2C19H24N.2C18H22N.C17H22N/c1-14-8-4-7-11-17(14)19-12-18(15(2)13-20(19)3)16-9-5-6-10-16;1-14-8-4-7-11-17(14)19-12-15(2)18(13-20(19)3)16-9-5-6-10-16;1-14-7-3-6-10-17(14)18-13-16(11-12-19(18)2)15-8-4-5-9-15;1-14-7-3-6-10-17(14)18-12-11-16(13-19(18)2)15-8-4-5-9-15;1-12(2)16-11-18(5)17(10-14(16)4)15-9-7-6-8-13(15)3/h2*4,7-8,11-13,16H,5-6,9-10H2,1-3H3;2*3,6-7,10-13,15H,4-5,8-9H2,1-2H3;6-12H,1-5H3/q5*+1/i;;;;12D. The molecule has 5 aromatic heterocycles. The maximum Gasteiger partial charge on any atom is 0.212 e. The molecular formula is C91H114N5+5. The van der Waals surface area contributed by atoms with Crippen LogP contribution in [0.5, 0.6) is 0 Å². The van der Waals surface area contributed by atoms with Crippen molar-refractivity contribution in [3.05, 3.63) is 267 Å². The highest BCUT2D eigenvalue weighted by Crippen LogP contribution is 2.40. The Morgan fingerprint density at radius 3 is 1.06 bits per heavy atom. The van der Waals surface area contributed by atoms with Crippen LogP contribution in [0.3, 0.4) is 0 Å². The van der Waals surface area contributed by atoms with Crippen molar-refractivity contribution in [2.24, 2.45) is 35.2 Å². The third kappa shape index (κ3) is 17.3. The Morgan fingerprint density at radius 2 is 0.635 bits per heavy atom. The lowest BCUT2D eigenvalue weighted by atomic mass is 9.92. The van der Waals surface area contributed by atoms with E-state index in [1.807, 2.05) is 13.8 Å². The second kappa shape index (κ2) is 33.2. The lowest BCUT2D eigenvalue weighted by Crippen LogP contribution is -2.32. The topological polar surface area (TPSA) is 19.4 Å². The summed E-state index contributed by atoms with van der Waals surface area (Å²) in [5.74, 6) is 2.57. The van der Waals surface area contributed by atoms with Crippen LogP contribution in [0.1, 0.15) is 220 Å². The molecule has 96 heavy (non-hydrogen) atoms. The predicted octanol–water partition coefficient (Wildman–Crippen LogP) is 21.1. The minimum absolute atomic E-state index is 0.563. The Kier molecular flexibility index (Phi) is 23.9. The summed E-state index contributed by atoms with van der Waals surface area (Å²) in [5, 5.41) is 0. The molecule has 5 heteroatoms. The molecule has 4 aliphatic rings. The van der Waals surface area contributed by atoms with Gasteiger partial charge in [-0.3, -0.25) is 0 Å². The third-order valence-corrected chi connectivity index (χ3v) is 21.7. The first-order valence-electron chi connectivity index (χ1n) is 36.9. The highest BCUT2D eigenvalue weighted by atomic mass is 14.9. The molecule has 0 unspecified atom stereocenters. The molecule has 0 N–H and O–H groups in total. The molecule has 5 nitrogen and oxygen atoms in total. The highest BCUT2D eigenvalue weighted by molar-refractivity contribution is 5.65. The average Bonchev–Trinajstić information content (AvgIpc) is 1.87. The molecule has 10 aromatic rings. The first kappa shape index (κ1) is 69.2. The van der Waals surface area contributed by atoms with E-state index in [1.165, 1.54) is 215 Å². The molecule has 0 spiro atoms. The molecule has 0 bridgehead atoms. The smallest absolute Gasteiger partial charge is 0.201 e. The molecular weight excluding hydrogens is 1160 g/mol. The van der Waals surface area contributed by atoms with Gasteiger partial charge in [0.15, 0.2) is 31.0 Å². The molecule has 14 rings (SSSR count). The van der Waals surface area contributed by atoms with E-state index in [9.17, 15) is 0 Å². The average molecular weight is 1280 g/mol. The van der Waals surface area contributed by atoms with E-state index in [-0.39, 0.29) is 0 Å². The summed E-state index contributed by atoms with van der Waals surface area (Å²) in [6, 6.07) is 59.3. The molecule has 5 aromatic carbocycles. The lowest BCUT2D eigenvalue weighted by Gasteiger charge is -2.14. The first-order valence-corrected chi connectivity index (χ1v) is 36.4. The SMILES string of the molecule is Cc1ccccc1-c1cc(C)c(C2CCCC2)c[n+]1C.Cc1ccccc1-c1cc(C2CCCC2)c(C)c[n+]1C.Cc1ccccc1-c1cc(C2CCCC2)cc[n+]1C.Cc1ccccc1-c1ccc(C2CCCC2)c[n+]1C.[2H]C(C)(C)c1c[n+](C)c(-c2ccccc2C)cc1C. The van der Waals surface area contributed by atoms with Crippen molar-refractivity contribution in [3.63, 3.8) is 0 Å². The van der Waals surface area contributed by atoms with Crippen LogP contribution in [0.4, 0.5) is 0 Å². The largest absolute Gasteiger partial charge is 0.212 e. The highest BCUT2D eigenvalue weighted by Gasteiger charge is 2.27. The van der Waals surface area contributed by atoms with Crippen molar-refractivity contribution in [1.29, 1.82) is 0 Å². The van der Waals surface area contributed by atoms with Crippen LogP contribution in [0, 0.1) is 55.4 Å². The summed E-state index contributed by atoms with van der Waals surface area (Å²) in [5.41, 5.74) is 31.1. The normalized spacial score (nSPS) is 15.2. The van der Waals surface area contributed by atoms with Gasteiger partial charge < -0.3 is 0 Å². The van der Waals surface area contributed by atoms with Crippen LogP contribution in [0.15, 0.2) is 195 Å². The molecule has 4 aliphatic carbocycles. The maximum absolute atomic E-state index is 8.21. The van der Waals surface area contributed by atoms with Gasteiger partial charge in [0, 0.05) is 87.8 Å². The zero-order chi connectivity index (χ0) is 68.9.